The predicted octanol–water partition coefficient (Wildman–Crippen LogP) is 0.271. The molecule has 0 bridgehead atoms. The topological polar surface area (TPSA) is 160 Å². The maximum Gasteiger partial charge on any atom is 0.341 e. The summed E-state index contributed by atoms with van der Waals surface area (Å²) in [5, 5.41) is 14.1. The van der Waals surface area contributed by atoms with Crippen molar-refractivity contribution in [3.63, 3.8) is 0 Å². The summed E-state index contributed by atoms with van der Waals surface area (Å²) >= 11 is 0. The minimum absolute atomic E-state index is 0.133. The first-order valence-electron chi connectivity index (χ1n) is 11.0. The van der Waals surface area contributed by atoms with Crippen LogP contribution < -0.4 is 26.7 Å². The van der Waals surface area contributed by atoms with Gasteiger partial charge in [-0.25, -0.2) is 22.9 Å². The number of pyridine rings is 2. The Kier molecular flexibility index (Phi) is 7.11. The molecule has 1 atom stereocenters. The van der Waals surface area contributed by atoms with Crippen molar-refractivity contribution in [1.82, 2.24) is 20.2 Å². The number of benzene rings is 1. The lowest BCUT2D eigenvalue weighted by atomic mass is 10.1. The second kappa shape index (κ2) is 10.3. The molecule has 1 fully saturated rings. The number of halogens is 3. The van der Waals surface area contributed by atoms with Crippen LogP contribution in [0.15, 0.2) is 35.3 Å². The maximum absolute atomic E-state index is 15.1. The molecule has 1 aromatic carbocycles. The number of carbonyl (C=O) groups excluding carboxylic acids is 2. The number of nitrogens with zero attached hydrogens (tertiary/aromatic N) is 3. The molecule has 1 aliphatic heterocycles. The van der Waals surface area contributed by atoms with Crippen LogP contribution >= 0.6 is 0 Å². The molecule has 1 unspecified atom stereocenters. The zero-order chi connectivity index (χ0) is 26.9. The third-order valence-corrected chi connectivity index (χ3v) is 5.80. The second-order valence-electron chi connectivity index (χ2n) is 8.29. The van der Waals surface area contributed by atoms with Gasteiger partial charge in [0.15, 0.2) is 17.3 Å². The monoisotopic (exact) mass is 518 g/mol. The summed E-state index contributed by atoms with van der Waals surface area (Å²) in [6.07, 6.45) is 1.26. The molecule has 0 aliphatic carbocycles. The molecule has 4 rings (SSSR count). The lowest BCUT2D eigenvalue weighted by Gasteiger charge is -2.20. The Labute approximate surface area is 206 Å². The van der Waals surface area contributed by atoms with Gasteiger partial charge in [-0.3, -0.25) is 19.0 Å². The van der Waals surface area contributed by atoms with E-state index < -0.39 is 57.7 Å². The third kappa shape index (κ3) is 5.23. The molecule has 2 aromatic heterocycles. The minimum atomic E-state index is -1.62. The molecule has 14 heteroatoms. The number of carbonyl (C=O) groups is 3. The fourth-order valence-electron chi connectivity index (χ4n) is 4.05. The van der Waals surface area contributed by atoms with Crippen LogP contribution in [0.25, 0.3) is 16.7 Å². The number of fused-ring (bicyclic) bond motifs is 1. The van der Waals surface area contributed by atoms with Crippen molar-refractivity contribution in [3.05, 3.63) is 63.7 Å². The number of aromatic carboxylic acids is 1. The quantitative estimate of drug-likeness (QED) is 0.347. The molecule has 3 heterocycles. The van der Waals surface area contributed by atoms with E-state index in [1.54, 1.807) is 0 Å². The Morgan fingerprint density at radius 3 is 2.57 bits per heavy atom. The SMILES string of the molecule is NCC(=O)NCC(=O)NC1CCN(c2nc3c(cc2F)c(=O)c(C(=O)O)cn3-c2ccc(F)cc2F)C1. The predicted molar refractivity (Wildman–Crippen MR) is 125 cm³/mol. The minimum Gasteiger partial charge on any atom is -0.477 e. The molecule has 3 aromatic rings. The van der Waals surface area contributed by atoms with Gasteiger partial charge in [0, 0.05) is 31.4 Å². The van der Waals surface area contributed by atoms with Gasteiger partial charge in [-0.05, 0) is 24.6 Å². The Morgan fingerprint density at radius 2 is 1.89 bits per heavy atom. The van der Waals surface area contributed by atoms with Gasteiger partial charge in [0.25, 0.3) is 0 Å². The highest BCUT2D eigenvalue weighted by atomic mass is 19.1. The highest BCUT2D eigenvalue weighted by molar-refractivity contribution is 5.92. The first kappa shape index (κ1) is 25.6. The summed E-state index contributed by atoms with van der Waals surface area (Å²) in [7, 11) is 0. The van der Waals surface area contributed by atoms with E-state index in [0.717, 1.165) is 29.0 Å². The van der Waals surface area contributed by atoms with Crippen molar-refractivity contribution in [2.24, 2.45) is 5.73 Å². The molecule has 194 valence electrons. The van der Waals surface area contributed by atoms with E-state index in [1.807, 2.05) is 0 Å². The van der Waals surface area contributed by atoms with Crippen molar-refractivity contribution < 1.29 is 32.7 Å². The zero-order valence-electron chi connectivity index (χ0n) is 19.1. The molecule has 0 spiro atoms. The number of carboxylic acid groups (broad SMARTS) is 1. The van der Waals surface area contributed by atoms with Crippen LogP contribution in [-0.4, -0.2) is 64.7 Å². The molecule has 1 aliphatic rings. The molecule has 2 amide bonds. The van der Waals surface area contributed by atoms with E-state index in [-0.39, 0.29) is 43.3 Å². The molecule has 5 N–H and O–H groups in total. The summed E-state index contributed by atoms with van der Waals surface area (Å²) in [6, 6.07) is 2.96. The Bertz CT molecular complexity index is 1480. The second-order valence-corrected chi connectivity index (χ2v) is 8.29. The molecule has 0 radical (unpaired) electrons. The maximum atomic E-state index is 15.1. The van der Waals surface area contributed by atoms with Crippen LogP contribution in [0.3, 0.4) is 0 Å². The van der Waals surface area contributed by atoms with E-state index in [1.165, 1.54) is 4.90 Å². The van der Waals surface area contributed by atoms with Crippen LogP contribution in [-0.2, 0) is 9.59 Å². The summed E-state index contributed by atoms with van der Waals surface area (Å²) in [5.41, 5.74) is 2.85. The van der Waals surface area contributed by atoms with Crippen molar-refractivity contribution in [2.45, 2.75) is 12.5 Å². The van der Waals surface area contributed by atoms with E-state index in [0.29, 0.717) is 12.5 Å². The number of amides is 2. The van der Waals surface area contributed by atoms with Gasteiger partial charge in [0.1, 0.15) is 17.2 Å². The average Bonchev–Trinajstić information content (AvgIpc) is 3.31. The fourth-order valence-corrected chi connectivity index (χ4v) is 4.05. The number of anilines is 1. The summed E-state index contributed by atoms with van der Waals surface area (Å²) < 4.78 is 44.2. The molecule has 11 nitrogen and oxygen atoms in total. The highest BCUT2D eigenvalue weighted by Crippen LogP contribution is 2.27. The first-order chi connectivity index (χ1) is 17.6. The van der Waals surface area contributed by atoms with Gasteiger partial charge in [-0.1, -0.05) is 0 Å². The number of carboxylic acids is 1. The highest BCUT2D eigenvalue weighted by Gasteiger charge is 2.28. The van der Waals surface area contributed by atoms with E-state index >= 15 is 4.39 Å². The lowest BCUT2D eigenvalue weighted by molar-refractivity contribution is -0.125. The zero-order valence-corrected chi connectivity index (χ0v) is 19.1. The number of nitrogens with one attached hydrogen (secondary N) is 2. The summed E-state index contributed by atoms with van der Waals surface area (Å²) in [4.78, 5) is 53.3. The van der Waals surface area contributed by atoms with Gasteiger partial charge in [0.05, 0.1) is 24.2 Å². The van der Waals surface area contributed by atoms with Crippen LogP contribution in [0.1, 0.15) is 16.8 Å². The number of rotatable bonds is 7. The average molecular weight is 518 g/mol. The smallest absolute Gasteiger partial charge is 0.341 e. The Morgan fingerprint density at radius 1 is 1.14 bits per heavy atom. The van der Waals surface area contributed by atoms with Gasteiger partial charge in [-0.15, -0.1) is 0 Å². The van der Waals surface area contributed by atoms with Crippen LogP contribution in [0.2, 0.25) is 0 Å². The van der Waals surface area contributed by atoms with Crippen LogP contribution in [0, 0.1) is 17.5 Å². The van der Waals surface area contributed by atoms with Crippen LogP contribution in [0.5, 0.6) is 0 Å². The van der Waals surface area contributed by atoms with Gasteiger partial charge < -0.3 is 26.4 Å². The number of nitrogens with two attached hydrogens (primary N) is 1. The Balaban J connectivity index is 1.71. The van der Waals surface area contributed by atoms with E-state index in [2.05, 4.69) is 15.6 Å². The van der Waals surface area contributed by atoms with Gasteiger partial charge in [-0.2, -0.15) is 0 Å². The standard InChI is InChI=1S/C23H21F3N6O5/c24-11-1-2-17(15(25)5-11)32-10-14(23(36)37)20(35)13-6-16(26)22(30-21(13)32)31-4-3-12(9-31)29-19(34)8-28-18(33)7-27/h1-2,5-6,10,12H,3-4,7-9,27H2,(H,28,33)(H,29,34)(H,36,37). The number of hydrogen-bond acceptors (Lipinski definition) is 7. The molecule has 37 heavy (non-hydrogen) atoms. The van der Waals surface area contributed by atoms with E-state index in [9.17, 15) is 33.1 Å². The van der Waals surface area contributed by atoms with E-state index in [4.69, 9.17) is 5.73 Å². The number of hydrogen-bond donors (Lipinski definition) is 4. The fraction of sp³-hybridized carbons (Fsp3) is 0.261. The molecule has 1 saturated heterocycles. The Hall–Kier alpha value is -4.46. The van der Waals surface area contributed by atoms with Gasteiger partial charge >= 0.3 is 5.97 Å². The van der Waals surface area contributed by atoms with Crippen molar-refractivity contribution in [2.75, 3.05) is 31.1 Å². The van der Waals surface area contributed by atoms with Crippen LogP contribution in [0.4, 0.5) is 19.0 Å². The van der Waals surface area contributed by atoms with Crippen molar-refractivity contribution >= 4 is 34.6 Å². The van der Waals surface area contributed by atoms with Crippen molar-refractivity contribution in [1.29, 1.82) is 0 Å². The molecular formula is C23H21F3N6O5. The van der Waals surface area contributed by atoms with Gasteiger partial charge in [0.2, 0.25) is 17.2 Å². The largest absolute Gasteiger partial charge is 0.477 e. The molecule has 0 saturated carbocycles. The number of aromatic nitrogens is 2. The lowest BCUT2D eigenvalue weighted by Crippen LogP contribution is -2.44. The first-order valence-corrected chi connectivity index (χ1v) is 11.0. The third-order valence-electron chi connectivity index (χ3n) is 5.80. The van der Waals surface area contributed by atoms with Crippen molar-refractivity contribution in [3.8, 4) is 5.69 Å². The summed E-state index contributed by atoms with van der Waals surface area (Å²) in [6.45, 7) is -0.152. The normalized spacial score (nSPS) is 15.1. The summed E-state index contributed by atoms with van der Waals surface area (Å²) in [5.74, 6) is -5.66. The molecular weight excluding hydrogens is 497 g/mol.